The number of imidazole rings is 1. The van der Waals surface area contributed by atoms with Crippen LogP contribution in [-0.2, 0) is 9.47 Å². The molecule has 8 heteroatoms. The number of hydrogen-bond acceptors (Lipinski definition) is 6. The molecule has 3 heterocycles. The van der Waals surface area contributed by atoms with E-state index in [1.54, 1.807) is 24.4 Å². The largest absolute Gasteiger partial charge is 0.467 e. The smallest absolute Gasteiger partial charge is 0.316 e. The summed E-state index contributed by atoms with van der Waals surface area (Å²) in [5.74, 6) is 0.216. The lowest BCUT2D eigenvalue weighted by Crippen LogP contribution is -2.34. The Bertz CT molecular complexity index is 962. The zero-order valence-electron chi connectivity index (χ0n) is 15.9. The molecule has 1 saturated heterocycles. The molecule has 0 unspecified atom stereocenters. The van der Waals surface area contributed by atoms with E-state index in [0.29, 0.717) is 36.1 Å². The van der Waals surface area contributed by atoms with Crippen molar-refractivity contribution in [3.8, 4) is 28.7 Å². The summed E-state index contributed by atoms with van der Waals surface area (Å²) in [7, 11) is 1.50. The quantitative estimate of drug-likeness (QED) is 0.738. The Hall–Kier alpha value is -2.84. The summed E-state index contributed by atoms with van der Waals surface area (Å²) in [4.78, 5) is 16.4. The lowest BCUT2D eigenvalue weighted by atomic mass is 9.96. The van der Waals surface area contributed by atoms with Crippen molar-refractivity contribution in [1.29, 1.82) is 0 Å². The zero-order valence-corrected chi connectivity index (χ0v) is 15.9. The molecule has 1 aliphatic heterocycles. The highest BCUT2D eigenvalue weighted by Crippen LogP contribution is 2.35. The Labute approximate surface area is 161 Å². The molecule has 1 aromatic carbocycles. The number of aromatic amines is 1. The minimum atomic E-state index is -0.607. The first-order valence-corrected chi connectivity index (χ1v) is 8.92. The topological polar surface area (TPSA) is 82.2 Å². The normalized spacial score (nSPS) is 16.9. The Morgan fingerprint density at radius 2 is 1.82 bits per heavy atom. The number of benzene rings is 1. The van der Waals surface area contributed by atoms with Gasteiger partial charge >= 0.3 is 6.01 Å². The number of halogens is 1. The summed E-state index contributed by atoms with van der Waals surface area (Å²) in [5.41, 5.74) is 2.56. The highest BCUT2D eigenvalue weighted by Gasteiger charge is 2.32. The predicted octanol–water partition coefficient (Wildman–Crippen LogP) is 3.75. The molecule has 2 aromatic heterocycles. The lowest BCUT2D eigenvalue weighted by Gasteiger charge is -2.33. The molecule has 0 amide bonds. The van der Waals surface area contributed by atoms with Crippen molar-refractivity contribution in [3.05, 3.63) is 48.2 Å². The third-order valence-electron chi connectivity index (χ3n) is 4.39. The van der Waals surface area contributed by atoms with Crippen molar-refractivity contribution in [2.45, 2.75) is 20.1 Å². The van der Waals surface area contributed by atoms with Crippen LogP contribution < -0.4 is 4.74 Å². The maximum absolute atomic E-state index is 13.4. The lowest BCUT2D eigenvalue weighted by molar-refractivity contribution is -0.229. The molecular formula is C20H21FN4O3. The number of aromatic nitrogens is 4. The van der Waals surface area contributed by atoms with Crippen molar-refractivity contribution in [3.63, 3.8) is 0 Å². The molecule has 146 valence electrons. The van der Waals surface area contributed by atoms with E-state index in [-0.39, 0.29) is 17.2 Å². The SMILES string of the molecule is COc1nccc(-c2[nH]c(C3OCC(C)(C)CO3)nc2-c2ccc(F)cc2)n1. The molecule has 7 nitrogen and oxygen atoms in total. The fraction of sp³-hybridized carbons (Fsp3) is 0.350. The van der Waals surface area contributed by atoms with E-state index < -0.39 is 6.29 Å². The molecule has 1 aliphatic rings. The first-order valence-electron chi connectivity index (χ1n) is 8.92. The number of nitrogens with zero attached hydrogens (tertiary/aromatic N) is 3. The summed E-state index contributed by atoms with van der Waals surface area (Å²) in [6, 6.07) is 8.11. The number of hydrogen-bond donors (Lipinski definition) is 1. The van der Waals surface area contributed by atoms with Crippen molar-refractivity contribution >= 4 is 0 Å². The third-order valence-corrected chi connectivity index (χ3v) is 4.39. The Balaban J connectivity index is 1.76. The van der Waals surface area contributed by atoms with Gasteiger partial charge in [-0.3, -0.25) is 0 Å². The van der Waals surface area contributed by atoms with E-state index in [9.17, 15) is 4.39 Å². The molecule has 28 heavy (non-hydrogen) atoms. The van der Waals surface area contributed by atoms with E-state index in [1.807, 2.05) is 0 Å². The van der Waals surface area contributed by atoms with Gasteiger partial charge < -0.3 is 19.2 Å². The minimum Gasteiger partial charge on any atom is -0.467 e. The van der Waals surface area contributed by atoms with Crippen LogP contribution in [0, 0.1) is 11.2 Å². The van der Waals surface area contributed by atoms with Crippen molar-refractivity contribution in [1.82, 2.24) is 19.9 Å². The number of methoxy groups -OCH3 is 1. The Morgan fingerprint density at radius 3 is 2.50 bits per heavy atom. The second-order valence-electron chi connectivity index (χ2n) is 7.40. The van der Waals surface area contributed by atoms with Gasteiger partial charge in [-0.1, -0.05) is 13.8 Å². The summed E-state index contributed by atoms with van der Waals surface area (Å²) in [6.07, 6.45) is 0.997. The van der Waals surface area contributed by atoms with Gasteiger partial charge in [-0.15, -0.1) is 0 Å². The van der Waals surface area contributed by atoms with Crippen LogP contribution in [0.1, 0.15) is 26.0 Å². The van der Waals surface area contributed by atoms with Crippen LogP contribution in [0.25, 0.3) is 22.6 Å². The maximum Gasteiger partial charge on any atom is 0.316 e. The average molecular weight is 384 g/mol. The van der Waals surface area contributed by atoms with Gasteiger partial charge in [0.2, 0.25) is 6.29 Å². The van der Waals surface area contributed by atoms with Gasteiger partial charge in [0.05, 0.1) is 37.4 Å². The number of H-pyrrole nitrogens is 1. The molecule has 3 aromatic rings. The van der Waals surface area contributed by atoms with E-state index in [4.69, 9.17) is 14.2 Å². The molecule has 1 N–H and O–H groups in total. The van der Waals surface area contributed by atoms with E-state index in [1.165, 1.54) is 19.2 Å². The predicted molar refractivity (Wildman–Crippen MR) is 100.0 cm³/mol. The highest BCUT2D eigenvalue weighted by molar-refractivity contribution is 5.76. The van der Waals surface area contributed by atoms with Crippen LogP contribution in [0.4, 0.5) is 4.39 Å². The Kier molecular flexibility index (Phi) is 4.82. The molecule has 0 bridgehead atoms. The second-order valence-corrected chi connectivity index (χ2v) is 7.40. The molecular weight excluding hydrogens is 363 g/mol. The summed E-state index contributed by atoms with van der Waals surface area (Å²) >= 11 is 0. The van der Waals surface area contributed by atoms with Crippen molar-refractivity contribution in [2.75, 3.05) is 20.3 Å². The number of nitrogens with one attached hydrogen (secondary N) is 1. The summed E-state index contributed by atoms with van der Waals surface area (Å²) in [6.45, 7) is 5.27. The van der Waals surface area contributed by atoms with Gasteiger partial charge in [-0.25, -0.2) is 14.4 Å². The van der Waals surface area contributed by atoms with Gasteiger partial charge in [-0.2, -0.15) is 4.98 Å². The van der Waals surface area contributed by atoms with Crippen LogP contribution in [0.2, 0.25) is 0 Å². The molecule has 1 fully saturated rings. The van der Waals surface area contributed by atoms with E-state index in [0.717, 1.165) is 5.56 Å². The zero-order chi connectivity index (χ0) is 19.7. The molecule has 0 radical (unpaired) electrons. The average Bonchev–Trinajstić information content (AvgIpc) is 3.14. The third kappa shape index (κ3) is 3.74. The monoisotopic (exact) mass is 384 g/mol. The fourth-order valence-electron chi connectivity index (χ4n) is 2.93. The van der Waals surface area contributed by atoms with Gasteiger partial charge in [0.15, 0.2) is 5.82 Å². The Morgan fingerprint density at radius 1 is 1.11 bits per heavy atom. The van der Waals surface area contributed by atoms with Crippen LogP contribution in [0.15, 0.2) is 36.5 Å². The minimum absolute atomic E-state index is 0.0499. The number of rotatable bonds is 4. The number of ether oxygens (including phenoxy) is 3. The molecule has 0 saturated carbocycles. The molecule has 0 atom stereocenters. The van der Waals surface area contributed by atoms with Gasteiger partial charge in [0.25, 0.3) is 0 Å². The maximum atomic E-state index is 13.4. The van der Waals surface area contributed by atoms with Crippen molar-refractivity contribution < 1.29 is 18.6 Å². The van der Waals surface area contributed by atoms with Crippen LogP contribution in [-0.4, -0.2) is 40.3 Å². The highest BCUT2D eigenvalue weighted by atomic mass is 19.1. The van der Waals surface area contributed by atoms with Crippen LogP contribution in [0.5, 0.6) is 6.01 Å². The molecule has 4 rings (SSSR count). The summed E-state index contributed by atoms with van der Waals surface area (Å²) < 4.78 is 30.2. The van der Waals surface area contributed by atoms with E-state index >= 15 is 0 Å². The first kappa shape index (κ1) is 18.5. The van der Waals surface area contributed by atoms with E-state index in [2.05, 4.69) is 33.8 Å². The van der Waals surface area contributed by atoms with Gasteiger partial charge in [0, 0.05) is 17.2 Å². The van der Waals surface area contributed by atoms with Gasteiger partial charge in [0.1, 0.15) is 5.82 Å². The molecule has 0 aliphatic carbocycles. The van der Waals surface area contributed by atoms with Crippen molar-refractivity contribution in [2.24, 2.45) is 5.41 Å². The fourth-order valence-corrected chi connectivity index (χ4v) is 2.93. The standard InChI is InChI=1S/C20H21FN4O3/c1-20(2)10-27-18(28-11-20)17-24-15(12-4-6-13(21)7-5-12)16(25-17)14-8-9-22-19(23-14)26-3/h4-9,18H,10-11H2,1-3H3,(H,24,25). The summed E-state index contributed by atoms with van der Waals surface area (Å²) in [5, 5.41) is 0. The molecule has 0 spiro atoms. The van der Waals surface area contributed by atoms with Crippen LogP contribution >= 0.6 is 0 Å². The van der Waals surface area contributed by atoms with Gasteiger partial charge in [-0.05, 0) is 30.3 Å². The first-order chi connectivity index (χ1) is 13.4. The van der Waals surface area contributed by atoms with Crippen LogP contribution in [0.3, 0.4) is 0 Å². The second kappa shape index (κ2) is 7.29.